The van der Waals surface area contributed by atoms with Gasteiger partial charge in [0.1, 0.15) is 0 Å². The molecule has 1 aromatic rings. The molecule has 0 aliphatic heterocycles. The first-order valence-electron chi connectivity index (χ1n) is 5.12. The molecular formula is C10H12F3NO4S. The van der Waals surface area contributed by atoms with E-state index in [1.54, 1.807) is 0 Å². The van der Waals surface area contributed by atoms with Crippen molar-refractivity contribution in [3.8, 4) is 0 Å². The number of aliphatic hydroxyl groups is 2. The lowest BCUT2D eigenvalue weighted by molar-refractivity contribution is -0.137. The zero-order chi connectivity index (χ0) is 14.7. The Hall–Kier alpha value is -1.16. The highest BCUT2D eigenvalue weighted by atomic mass is 32.2. The van der Waals surface area contributed by atoms with E-state index in [1.165, 1.54) is 0 Å². The first-order chi connectivity index (χ1) is 8.70. The summed E-state index contributed by atoms with van der Waals surface area (Å²) in [6.45, 7) is -1.34. The van der Waals surface area contributed by atoms with Crippen molar-refractivity contribution in [1.29, 1.82) is 0 Å². The van der Waals surface area contributed by atoms with Crippen LogP contribution in [0, 0.1) is 0 Å². The molecule has 0 aliphatic rings. The SMILES string of the molecule is O=S(=O)(NC(CO)CO)c1cccc(C(F)(F)F)c1. The highest BCUT2D eigenvalue weighted by Crippen LogP contribution is 2.30. The highest BCUT2D eigenvalue weighted by molar-refractivity contribution is 7.89. The van der Waals surface area contributed by atoms with Gasteiger partial charge in [0.25, 0.3) is 0 Å². The maximum Gasteiger partial charge on any atom is 0.416 e. The first-order valence-corrected chi connectivity index (χ1v) is 6.60. The van der Waals surface area contributed by atoms with Gasteiger partial charge in [-0.15, -0.1) is 0 Å². The molecule has 5 nitrogen and oxygen atoms in total. The second-order valence-corrected chi connectivity index (χ2v) is 5.42. The van der Waals surface area contributed by atoms with Crippen LogP contribution in [0.5, 0.6) is 0 Å². The summed E-state index contributed by atoms with van der Waals surface area (Å²) in [4.78, 5) is -0.589. The molecule has 0 bridgehead atoms. The molecule has 1 aromatic carbocycles. The number of nitrogens with one attached hydrogen (secondary N) is 1. The summed E-state index contributed by atoms with van der Waals surface area (Å²) in [5, 5.41) is 17.5. The average molecular weight is 299 g/mol. The van der Waals surface area contributed by atoms with Crippen molar-refractivity contribution in [1.82, 2.24) is 4.72 Å². The minimum atomic E-state index is -4.65. The van der Waals surface area contributed by atoms with E-state index in [-0.39, 0.29) is 0 Å². The Bertz CT molecular complexity index is 526. The van der Waals surface area contributed by atoms with Gasteiger partial charge in [-0.05, 0) is 18.2 Å². The van der Waals surface area contributed by atoms with Gasteiger partial charge >= 0.3 is 6.18 Å². The summed E-state index contributed by atoms with van der Waals surface area (Å²) in [7, 11) is -4.24. The maximum atomic E-state index is 12.5. The van der Waals surface area contributed by atoms with Gasteiger partial charge in [-0.2, -0.15) is 13.2 Å². The van der Waals surface area contributed by atoms with Crippen molar-refractivity contribution in [3.05, 3.63) is 29.8 Å². The number of hydrogen-bond donors (Lipinski definition) is 3. The second-order valence-electron chi connectivity index (χ2n) is 3.71. The van der Waals surface area contributed by atoms with Crippen molar-refractivity contribution in [3.63, 3.8) is 0 Å². The molecule has 0 saturated carbocycles. The summed E-state index contributed by atoms with van der Waals surface area (Å²) in [5.74, 6) is 0. The Balaban J connectivity index is 3.09. The number of rotatable bonds is 5. The number of alkyl halides is 3. The van der Waals surface area contributed by atoms with Crippen molar-refractivity contribution in [2.45, 2.75) is 17.1 Å². The van der Waals surface area contributed by atoms with E-state index in [9.17, 15) is 21.6 Å². The molecule has 0 heterocycles. The zero-order valence-corrected chi connectivity index (χ0v) is 10.4. The molecule has 19 heavy (non-hydrogen) atoms. The van der Waals surface area contributed by atoms with Crippen molar-refractivity contribution >= 4 is 10.0 Å². The standard InChI is InChI=1S/C10H12F3NO4S/c11-10(12,13)7-2-1-3-9(4-7)19(17,18)14-8(5-15)6-16/h1-4,8,14-16H,5-6H2. The van der Waals surface area contributed by atoms with E-state index in [0.717, 1.165) is 18.2 Å². The lowest BCUT2D eigenvalue weighted by Crippen LogP contribution is -2.40. The van der Waals surface area contributed by atoms with Crippen LogP contribution in [0.1, 0.15) is 5.56 Å². The number of aliphatic hydroxyl groups excluding tert-OH is 2. The van der Waals surface area contributed by atoms with Crippen LogP contribution in [0.3, 0.4) is 0 Å². The third kappa shape index (κ3) is 4.16. The Morgan fingerprint density at radius 1 is 1.21 bits per heavy atom. The van der Waals surface area contributed by atoms with Gasteiger partial charge < -0.3 is 10.2 Å². The summed E-state index contributed by atoms with van der Waals surface area (Å²) in [6.07, 6.45) is -4.65. The Morgan fingerprint density at radius 2 is 1.79 bits per heavy atom. The quantitative estimate of drug-likeness (QED) is 0.731. The number of sulfonamides is 1. The zero-order valence-electron chi connectivity index (χ0n) is 9.55. The van der Waals surface area contributed by atoms with E-state index < -0.39 is 45.9 Å². The molecule has 108 valence electrons. The van der Waals surface area contributed by atoms with E-state index in [2.05, 4.69) is 0 Å². The van der Waals surface area contributed by atoms with Crippen molar-refractivity contribution in [2.24, 2.45) is 0 Å². The summed E-state index contributed by atoms with van der Waals surface area (Å²) in [5.41, 5.74) is -1.10. The van der Waals surface area contributed by atoms with Crippen LogP contribution < -0.4 is 4.72 Å². The molecule has 0 radical (unpaired) electrons. The topological polar surface area (TPSA) is 86.6 Å². The second kappa shape index (κ2) is 5.87. The molecule has 9 heteroatoms. The number of halogens is 3. The van der Waals surface area contributed by atoms with Crippen LogP contribution in [0.15, 0.2) is 29.2 Å². The molecule has 0 spiro atoms. The van der Waals surface area contributed by atoms with Gasteiger partial charge in [0, 0.05) is 0 Å². The summed E-state index contributed by atoms with van der Waals surface area (Å²) < 4.78 is 62.7. The number of hydrogen-bond acceptors (Lipinski definition) is 4. The molecule has 0 aromatic heterocycles. The van der Waals surface area contributed by atoms with Crippen LogP contribution in [-0.2, 0) is 16.2 Å². The van der Waals surface area contributed by atoms with Crippen LogP contribution in [0.4, 0.5) is 13.2 Å². The molecule has 0 saturated heterocycles. The highest BCUT2D eigenvalue weighted by Gasteiger charge is 2.31. The van der Waals surface area contributed by atoms with E-state index in [0.29, 0.717) is 6.07 Å². The molecule has 1 rings (SSSR count). The van der Waals surface area contributed by atoms with Crippen LogP contribution >= 0.6 is 0 Å². The molecule has 0 aliphatic carbocycles. The predicted molar refractivity (Wildman–Crippen MR) is 59.7 cm³/mol. The summed E-state index contributed by atoms with van der Waals surface area (Å²) >= 11 is 0. The minimum absolute atomic E-state index is 0.480. The smallest absolute Gasteiger partial charge is 0.395 e. The minimum Gasteiger partial charge on any atom is -0.395 e. The lowest BCUT2D eigenvalue weighted by atomic mass is 10.2. The van der Waals surface area contributed by atoms with Gasteiger partial charge in [-0.1, -0.05) is 6.07 Å². The van der Waals surface area contributed by atoms with Gasteiger partial charge in [-0.25, -0.2) is 13.1 Å². The van der Waals surface area contributed by atoms with Crippen LogP contribution in [0.2, 0.25) is 0 Å². The fraction of sp³-hybridized carbons (Fsp3) is 0.400. The molecule has 0 atom stereocenters. The lowest BCUT2D eigenvalue weighted by Gasteiger charge is -2.14. The van der Waals surface area contributed by atoms with Crippen LogP contribution in [-0.4, -0.2) is 37.9 Å². The molecule has 0 fully saturated rings. The van der Waals surface area contributed by atoms with Crippen LogP contribution in [0.25, 0.3) is 0 Å². The fourth-order valence-electron chi connectivity index (χ4n) is 1.26. The normalized spacial score (nSPS) is 12.9. The maximum absolute atomic E-state index is 12.5. The summed E-state index contributed by atoms with van der Waals surface area (Å²) in [6, 6.07) is 2.01. The van der Waals surface area contributed by atoms with E-state index >= 15 is 0 Å². The van der Waals surface area contributed by atoms with Crippen molar-refractivity contribution in [2.75, 3.05) is 13.2 Å². The first kappa shape index (κ1) is 15.9. The predicted octanol–water partition coefficient (Wildman–Crippen LogP) is 0.337. The average Bonchev–Trinajstić information content (AvgIpc) is 2.35. The molecular weight excluding hydrogens is 287 g/mol. The Kier molecular flexibility index (Phi) is 4.91. The molecule has 0 unspecified atom stereocenters. The van der Waals surface area contributed by atoms with Gasteiger partial charge in [-0.3, -0.25) is 0 Å². The van der Waals surface area contributed by atoms with Gasteiger partial charge in [0.15, 0.2) is 0 Å². The Morgan fingerprint density at radius 3 is 2.26 bits per heavy atom. The van der Waals surface area contributed by atoms with Gasteiger partial charge in [0.05, 0.1) is 29.7 Å². The fourth-order valence-corrected chi connectivity index (χ4v) is 2.52. The Labute approximate surface area is 107 Å². The number of benzene rings is 1. The van der Waals surface area contributed by atoms with Crippen molar-refractivity contribution < 1.29 is 31.8 Å². The third-order valence-corrected chi connectivity index (χ3v) is 3.75. The molecule has 3 N–H and O–H groups in total. The largest absolute Gasteiger partial charge is 0.416 e. The monoisotopic (exact) mass is 299 g/mol. The van der Waals surface area contributed by atoms with Gasteiger partial charge in [0.2, 0.25) is 10.0 Å². The third-order valence-electron chi connectivity index (χ3n) is 2.23. The van der Waals surface area contributed by atoms with E-state index in [4.69, 9.17) is 10.2 Å². The molecule has 0 amide bonds. The van der Waals surface area contributed by atoms with E-state index in [1.807, 2.05) is 4.72 Å².